The highest BCUT2D eigenvalue weighted by Crippen LogP contribution is 2.34. The van der Waals surface area contributed by atoms with Crippen LogP contribution in [-0.2, 0) is 19.4 Å². The molecule has 0 saturated heterocycles. The Hall–Kier alpha value is -0.560. The van der Waals surface area contributed by atoms with E-state index >= 15 is 0 Å². The third-order valence-electron chi connectivity index (χ3n) is 2.23. The number of cyclic esters (lactones) is 1. The molecule has 1 aliphatic heterocycles. The first-order valence-corrected chi connectivity index (χ1v) is 7.69. The number of hydrogen-bond acceptors (Lipinski definition) is 4. The monoisotopic (exact) mass is 370 g/mol. The normalized spacial score (nSPS) is 20.2. The highest BCUT2D eigenvalue weighted by molar-refractivity contribution is 9.10. The van der Waals surface area contributed by atoms with Crippen LogP contribution >= 0.6 is 39.1 Å². The molecule has 4 nitrogen and oxygen atoms in total. The molecule has 0 unspecified atom stereocenters. The van der Waals surface area contributed by atoms with Gasteiger partial charge in [0.05, 0.1) is 4.90 Å². The highest BCUT2D eigenvalue weighted by atomic mass is 79.9. The minimum absolute atomic E-state index is 0.00647. The van der Waals surface area contributed by atoms with Gasteiger partial charge in [-0.1, -0.05) is 39.1 Å². The quantitative estimate of drug-likeness (QED) is 0.750. The lowest BCUT2D eigenvalue weighted by molar-refractivity contribution is -0.136. The largest absolute Gasteiger partial charge is 0.435 e. The van der Waals surface area contributed by atoms with E-state index in [2.05, 4.69) is 20.7 Å². The molecule has 1 aromatic carbocycles. The summed E-state index contributed by atoms with van der Waals surface area (Å²) in [5.41, 5.74) is -1.57. The standard InChI is InChI=1S/C10H5BrCl2O4S/c11-5-1-3-6(4-2-5)18(15,16)10-8(13)7(12)9(14)17-10/h1-4,10H/t10-/m0/s1. The third kappa shape index (κ3) is 2.30. The molecule has 0 saturated carbocycles. The van der Waals surface area contributed by atoms with E-state index in [0.29, 0.717) is 0 Å². The van der Waals surface area contributed by atoms with Crippen molar-refractivity contribution in [2.75, 3.05) is 0 Å². The Balaban J connectivity index is 2.45. The van der Waals surface area contributed by atoms with E-state index in [0.717, 1.165) is 4.47 Å². The van der Waals surface area contributed by atoms with Crippen molar-refractivity contribution >= 4 is 54.9 Å². The van der Waals surface area contributed by atoms with Gasteiger partial charge < -0.3 is 4.74 Å². The lowest BCUT2D eigenvalue weighted by atomic mass is 10.4. The molecule has 0 spiro atoms. The number of benzene rings is 1. The Bertz CT molecular complexity index is 636. The second-order valence-electron chi connectivity index (χ2n) is 3.40. The van der Waals surface area contributed by atoms with Crippen LogP contribution in [-0.4, -0.2) is 19.8 Å². The van der Waals surface area contributed by atoms with Gasteiger partial charge in [-0.2, -0.15) is 0 Å². The maximum absolute atomic E-state index is 12.2. The second-order valence-corrected chi connectivity index (χ2v) is 7.09. The number of rotatable bonds is 2. The van der Waals surface area contributed by atoms with Gasteiger partial charge >= 0.3 is 5.97 Å². The Morgan fingerprint density at radius 2 is 1.72 bits per heavy atom. The lowest BCUT2D eigenvalue weighted by Crippen LogP contribution is -2.22. The first-order chi connectivity index (χ1) is 8.34. The number of carbonyl (C=O) groups is 1. The maximum atomic E-state index is 12.2. The maximum Gasteiger partial charge on any atom is 0.352 e. The zero-order chi connectivity index (χ0) is 13.5. The van der Waals surface area contributed by atoms with Crippen molar-refractivity contribution in [1.82, 2.24) is 0 Å². The molecule has 96 valence electrons. The van der Waals surface area contributed by atoms with Gasteiger partial charge in [-0.3, -0.25) is 0 Å². The third-order valence-corrected chi connectivity index (χ3v) is 5.56. The van der Waals surface area contributed by atoms with E-state index in [1.54, 1.807) is 12.1 Å². The molecule has 0 aromatic heterocycles. The van der Waals surface area contributed by atoms with Crippen molar-refractivity contribution in [3.05, 3.63) is 38.8 Å². The van der Waals surface area contributed by atoms with Gasteiger partial charge in [0.15, 0.2) is 0 Å². The summed E-state index contributed by atoms with van der Waals surface area (Å²) in [5.74, 6) is -0.938. The topological polar surface area (TPSA) is 60.4 Å². The fourth-order valence-corrected chi connectivity index (χ4v) is 3.66. The predicted molar refractivity (Wildman–Crippen MR) is 69.9 cm³/mol. The zero-order valence-corrected chi connectivity index (χ0v) is 12.5. The Morgan fingerprint density at radius 3 is 2.17 bits per heavy atom. The van der Waals surface area contributed by atoms with Gasteiger partial charge in [-0.05, 0) is 24.3 Å². The molecule has 0 amide bonds. The summed E-state index contributed by atoms with van der Waals surface area (Å²) in [6.45, 7) is 0. The van der Waals surface area contributed by atoms with E-state index in [-0.39, 0.29) is 9.93 Å². The van der Waals surface area contributed by atoms with Crippen LogP contribution in [0.15, 0.2) is 43.7 Å². The van der Waals surface area contributed by atoms with E-state index in [4.69, 9.17) is 23.2 Å². The van der Waals surface area contributed by atoms with Gasteiger partial charge in [0.25, 0.3) is 0 Å². The number of sulfone groups is 1. The van der Waals surface area contributed by atoms with Crippen molar-refractivity contribution in [1.29, 1.82) is 0 Å². The second kappa shape index (κ2) is 4.85. The fourth-order valence-electron chi connectivity index (χ4n) is 1.35. The number of halogens is 3. The lowest BCUT2D eigenvalue weighted by Gasteiger charge is -2.11. The molecule has 1 atom stereocenters. The molecule has 0 N–H and O–H groups in total. The van der Waals surface area contributed by atoms with Crippen LogP contribution < -0.4 is 0 Å². The average Bonchev–Trinajstić information content (AvgIpc) is 2.58. The van der Waals surface area contributed by atoms with E-state index in [1.165, 1.54) is 12.1 Å². The molecule has 0 bridgehead atoms. The molecule has 1 heterocycles. The Labute approximate surface area is 122 Å². The van der Waals surface area contributed by atoms with Crippen LogP contribution in [0.5, 0.6) is 0 Å². The first kappa shape index (κ1) is 13.9. The van der Waals surface area contributed by atoms with Crippen LogP contribution in [0.1, 0.15) is 0 Å². The first-order valence-electron chi connectivity index (χ1n) is 4.59. The predicted octanol–water partition coefficient (Wildman–Crippen LogP) is 2.79. The molecule has 0 aliphatic carbocycles. The summed E-state index contributed by atoms with van der Waals surface area (Å²) >= 11 is 14.4. The molecule has 0 radical (unpaired) electrons. The molecular formula is C10H5BrCl2O4S. The molecule has 0 fully saturated rings. The Kier molecular flexibility index (Phi) is 3.73. The van der Waals surface area contributed by atoms with E-state index in [9.17, 15) is 13.2 Å². The van der Waals surface area contributed by atoms with Crippen molar-refractivity contribution in [3.8, 4) is 0 Å². The van der Waals surface area contributed by atoms with Crippen LogP contribution in [0.4, 0.5) is 0 Å². The molecular weight excluding hydrogens is 367 g/mol. The van der Waals surface area contributed by atoms with Crippen LogP contribution in [0.25, 0.3) is 0 Å². The average molecular weight is 372 g/mol. The molecule has 8 heteroatoms. The molecule has 1 aromatic rings. The number of esters is 1. The zero-order valence-electron chi connectivity index (χ0n) is 8.56. The summed E-state index contributed by atoms with van der Waals surface area (Å²) in [6.07, 6.45) is 0. The highest BCUT2D eigenvalue weighted by Gasteiger charge is 2.42. The van der Waals surface area contributed by atoms with Gasteiger partial charge in [0.2, 0.25) is 15.3 Å². The summed E-state index contributed by atoms with van der Waals surface area (Å²) in [6, 6.07) is 5.87. The van der Waals surface area contributed by atoms with Crippen LogP contribution in [0, 0.1) is 0 Å². The van der Waals surface area contributed by atoms with Gasteiger partial charge in [-0.25, -0.2) is 13.2 Å². The number of ether oxygens (including phenoxy) is 1. The van der Waals surface area contributed by atoms with Crippen molar-refractivity contribution in [2.24, 2.45) is 0 Å². The SMILES string of the molecule is O=C1O[C@@H](S(=O)(=O)c2ccc(Br)cc2)C(Cl)=C1Cl. The smallest absolute Gasteiger partial charge is 0.352 e. The summed E-state index contributed by atoms with van der Waals surface area (Å²) in [4.78, 5) is 11.2. The minimum Gasteiger partial charge on any atom is -0.435 e. The van der Waals surface area contributed by atoms with E-state index < -0.39 is 26.3 Å². The molecule has 18 heavy (non-hydrogen) atoms. The van der Waals surface area contributed by atoms with Gasteiger partial charge in [-0.15, -0.1) is 0 Å². The Morgan fingerprint density at radius 1 is 1.17 bits per heavy atom. The molecule has 2 rings (SSSR count). The number of carbonyl (C=O) groups excluding carboxylic acids is 1. The minimum atomic E-state index is -3.91. The number of hydrogen-bond donors (Lipinski definition) is 0. The van der Waals surface area contributed by atoms with E-state index in [1.807, 2.05) is 0 Å². The van der Waals surface area contributed by atoms with Crippen molar-refractivity contribution in [2.45, 2.75) is 10.3 Å². The van der Waals surface area contributed by atoms with Gasteiger partial charge in [0.1, 0.15) is 10.1 Å². The van der Waals surface area contributed by atoms with Crippen LogP contribution in [0.3, 0.4) is 0 Å². The van der Waals surface area contributed by atoms with Crippen molar-refractivity contribution < 1.29 is 17.9 Å². The fraction of sp³-hybridized carbons (Fsp3) is 0.100. The van der Waals surface area contributed by atoms with Crippen LogP contribution in [0.2, 0.25) is 0 Å². The summed E-state index contributed by atoms with van der Waals surface area (Å²) in [5, 5.41) is -0.716. The summed E-state index contributed by atoms with van der Waals surface area (Å²) in [7, 11) is -3.91. The summed E-state index contributed by atoms with van der Waals surface area (Å²) < 4.78 is 29.7. The molecule has 1 aliphatic rings. The van der Waals surface area contributed by atoms with Crippen molar-refractivity contribution in [3.63, 3.8) is 0 Å². The van der Waals surface area contributed by atoms with Gasteiger partial charge in [0, 0.05) is 4.47 Å².